The van der Waals surface area contributed by atoms with Gasteiger partial charge in [-0.3, -0.25) is 0 Å². The first-order chi connectivity index (χ1) is 9.88. The number of aryl methyl sites for hydroxylation is 1. The number of hydrogen-bond donors (Lipinski definition) is 3. The molecule has 21 heavy (non-hydrogen) atoms. The minimum absolute atomic E-state index is 0.328. The summed E-state index contributed by atoms with van der Waals surface area (Å²) in [6.07, 6.45) is 1.86. The molecule has 0 aliphatic carbocycles. The molecule has 0 aromatic carbocycles. The predicted octanol–water partition coefficient (Wildman–Crippen LogP) is 2.02. The van der Waals surface area contributed by atoms with Crippen LogP contribution in [0.25, 0.3) is 0 Å². The molecule has 0 bridgehead atoms. The van der Waals surface area contributed by atoms with Gasteiger partial charge in [0, 0.05) is 24.6 Å². The fraction of sp³-hybridized carbons (Fsp3) is 0.733. The van der Waals surface area contributed by atoms with Gasteiger partial charge in [-0.25, -0.2) is 15.8 Å². The summed E-state index contributed by atoms with van der Waals surface area (Å²) in [6.45, 7) is 9.49. The van der Waals surface area contributed by atoms with Crippen LogP contribution in [0.4, 0.5) is 11.6 Å². The number of nitrogen functional groups attached to an aromatic ring is 1. The molecule has 1 unspecified atom stereocenters. The molecule has 0 amide bonds. The summed E-state index contributed by atoms with van der Waals surface area (Å²) in [6, 6.07) is 0.328. The maximum Gasteiger partial charge on any atom is 0.148 e. The van der Waals surface area contributed by atoms with E-state index in [4.69, 9.17) is 5.84 Å². The van der Waals surface area contributed by atoms with Gasteiger partial charge in [0.15, 0.2) is 0 Å². The first-order valence-electron chi connectivity index (χ1n) is 7.64. The van der Waals surface area contributed by atoms with Crippen LogP contribution in [0.15, 0.2) is 0 Å². The average Bonchev–Trinajstić information content (AvgIpc) is 2.40. The molecule has 0 fully saturated rings. The van der Waals surface area contributed by atoms with Crippen LogP contribution in [0, 0.1) is 12.8 Å². The second-order valence-corrected chi connectivity index (χ2v) is 6.11. The lowest BCUT2D eigenvalue weighted by Crippen LogP contribution is -2.37. The van der Waals surface area contributed by atoms with E-state index in [-0.39, 0.29) is 0 Å². The Morgan fingerprint density at radius 3 is 2.29 bits per heavy atom. The van der Waals surface area contributed by atoms with E-state index in [1.165, 1.54) is 0 Å². The number of nitrogens with one attached hydrogen (secondary N) is 2. The summed E-state index contributed by atoms with van der Waals surface area (Å²) in [5.74, 6) is 8.48. The number of hydrazine groups is 1. The number of likely N-dealkylation sites (N-methyl/N-ethyl adjacent to an activating group) is 1. The molecule has 1 aromatic rings. The lowest BCUT2D eigenvalue weighted by molar-refractivity contribution is 0.344. The first-order valence-corrected chi connectivity index (χ1v) is 7.64. The molecule has 0 saturated carbocycles. The SMILES string of the molecule is CCCc1nc(NN)c(C)c(NC(CN(C)C)C(C)C)n1. The van der Waals surface area contributed by atoms with Crippen LogP contribution in [-0.2, 0) is 6.42 Å². The highest BCUT2D eigenvalue weighted by Gasteiger charge is 2.18. The molecule has 6 heteroatoms. The number of rotatable bonds is 8. The Morgan fingerprint density at radius 1 is 1.19 bits per heavy atom. The monoisotopic (exact) mass is 294 g/mol. The first kappa shape index (κ1) is 17.7. The molecule has 1 rings (SSSR count). The third kappa shape index (κ3) is 5.13. The zero-order valence-electron chi connectivity index (χ0n) is 14.2. The van der Waals surface area contributed by atoms with E-state index in [1.807, 2.05) is 6.92 Å². The van der Waals surface area contributed by atoms with Crippen LogP contribution < -0.4 is 16.6 Å². The van der Waals surface area contributed by atoms with Gasteiger partial charge >= 0.3 is 0 Å². The van der Waals surface area contributed by atoms with Gasteiger partial charge in [-0.15, -0.1) is 0 Å². The Balaban J connectivity index is 3.06. The van der Waals surface area contributed by atoms with Crippen LogP contribution in [-0.4, -0.2) is 41.5 Å². The quantitative estimate of drug-likeness (QED) is 0.503. The van der Waals surface area contributed by atoms with Gasteiger partial charge in [-0.1, -0.05) is 20.8 Å². The third-order valence-electron chi connectivity index (χ3n) is 3.49. The highest BCUT2D eigenvalue weighted by atomic mass is 15.3. The summed E-state index contributed by atoms with van der Waals surface area (Å²) < 4.78 is 0. The van der Waals surface area contributed by atoms with Gasteiger partial charge in [0.1, 0.15) is 17.5 Å². The predicted molar refractivity (Wildman–Crippen MR) is 89.4 cm³/mol. The highest BCUT2D eigenvalue weighted by molar-refractivity contribution is 5.57. The van der Waals surface area contributed by atoms with Crippen molar-refractivity contribution in [3.05, 3.63) is 11.4 Å². The van der Waals surface area contributed by atoms with Gasteiger partial charge in [-0.2, -0.15) is 0 Å². The summed E-state index contributed by atoms with van der Waals surface area (Å²) in [7, 11) is 4.17. The summed E-state index contributed by atoms with van der Waals surface area (Å²) in [5, 5.41) is 3.56. The van der Waals surface area contributed by atoms with Gasteiger partial charge in [0.2, 0.25) is 0 Å². The Bertz CT molecular complexity index is 444. The van der Waals surface area contributed by atoms with E-state index in [9.17, 15) is 0 Å². The highest BCUT2D eigenvalue weighted by Crippen LogP contribution is 2.22. The number of nitrogens with two attached hydrogens (primary N) is 1. The van der Waals surface area contributed by atoms with E-state index in [1.54, 1.807) is 0 Å². The topological polar surface area (TPSA) is 79.1 Å². The van der Waals surface area contributed by atoms with Crippen LogP contribution in [0.1, 0.15) is 38.6 Å². The van der Waals surface area contributed by atoms with Crippen LogP contribution in [0.2, 0.25) is 0 Å². The Labute approximate surface area is 128 Å². The molecule has 6 nitrogen and oxygen atoms in total. The van der Waals surface area contributed by atoms with E-state index < -0.39 is 0 Å². The number of nitrogens with zero attached hydrogens (tertiary/aromatic N) is 3. The second-order valence-electron chi connectivity index (χ2n) is 6.11. The molecular formula is C15H30N6. The molecular weight excluding hydrogens is 264 g/mol. The van der Waals surface area contributed by atoms with Crippen molar-refractivity contribution in [1.29, 1.82) is 0 Å². The number of aromatic nitrogens is 2. The van der Waals surface area contributed by atoms with Crippen molar-refractivity contribution in [3.8, 4) is 0 Å². The van der Waals surface area contributed by atoms with E-state index in [0.29, 0.717) is 17.8 Å². The maximum absolute atomic E-state index is 5.58. The molecule has 0 aliphatic heterocycles. The molecule has 1 heterocycles. The minimum Gasteiger partial charge on any atom is -0.365 e. The van der Waals surface area contributed by atoms with Crippen molar-refractivity contribution >= 4 is 11.6 Å². The second kappa shape index (κ2) is 8.14. The molecule has 4 N–H and O–H groups in total. The normalized spacial score (nSPS) is 12.8. The summed E-state index contributed by atoms with van der Waals surface area (Å²) >= 11 is 0. The molecule has 1 atom stereocenters. The van der Waals surface area contributed by atoms with Gasteiger partial charge in [-0.05, 0) is 33.4 Å². The average molecular weight is 294 g/mol. The molecule has 0 aliphatic rings. The third-order valence-corrected chi connectivity index (χ3v) is 3.49. The molecule has 0 radical (unpaired) electrons. The fourth-order valence-electron chi connectivity index (χ4n) is 2.17. The van der Waals surface area contributed by atoms with E-state index >= 15 is 0 Å². The van der Waals surface area contributed by atoms with Crippen molar-refractivity contribution in [3.63, 3.8) is 0 Å². The summed E-state index contributed by atoms with van der Waals surface area (Å²) in [4.78, 5) is 11.3. The van der Waals surface area contributed by atoms with Gasteiger partial charge < -0.3 is 15.6 Å². The number of hydrogen-bond acceptors (Lipinski definition) is 6. The van der Waals surface area contributed by atoms with Crippen LogP contribution in [0.5, 0.6) is 0 Å². The Morgan fingerprint density at radius 2 is 1.81 bits per heavy atom. The van der Waals surface area contributed by atoms with Crippen molar-refractivity contribution in [2.45, 2.75) is 46.6 Å². The van der Waals surface area contributed by atoms with Crippen molar-refractivity contribution in [2.24, 2.45) is 11.8 Å². The fourth-order valence-corrected chi connectivity index (χ4v) is 2.17. The largest absolute Gasteiger partial charge is 0.365 e. The number of anilines is 2. The summed E-state index contributed by atoms with van der Waals surface area (Å²) in [5.41, 5.74) is 3.64. The zero-order valence-corrected chi connectivity index (χ0v) is 14.2. The van der Waals surface area contributed by atoms with Crippen molar-refractivity contribution in [1.82, 2.24) is 14.9 Å². The molecule has 120 valence electrons. The van der Waals surface area contributed by atoms with E-state index in [0.717, 1.165) is 36.6 Å². The molecule has 1 aromatic heterocycles. The minimum atomic E-state index is 0.328. The van der Waals surface area contributed by atoms with Crippen LogP contribution in [0.3, 0.4) is 0 Å². The van der Waals surface area contributed by atoms with E-state index in [2.05, 4.69) is 60.5 Å². The van der Waals surface area contributed by atoms with Crippen molar-refractivity contribution in [2.75, 3.05) is 31.4 Å². The standard InChI is InChI=1S/C15H30N6/c1-7-8-13-18-14(11(4)15(19-13)20-16)17-12(10(2)3)9-21(5)6/h10,12H,7-9,16H2,1-6H3,(H2,17,18,19,20). The van der Waals surface area contributed by atoms with Crippen LogP contribution >= 0.6 is 0 Å². The lowest BCUT2D eigenvalue weighted by atomic mass is 10.0. The zero-order chi connectivity index (χ0) is 16.0. The smallest absolute Gasteiger partial charge is 0.148 e. The Hall–Kier alpha value is -1.40. The Kier molecular flexibility index (Phi) is 6.84. The lowest BCUT2D eigenvalue weighted by Gasteiger charge is -2.27. The van der Waals surface area contributed by atoms with Crippen molar-refractivity contribution < 1.29 is 0 Å². The maximum atomic E-state index is 5.58. The van der Waals surface area contributed by atoms with Gasteiger partial charge in [0.05, 0.1) is 0 Å². The van der Waals surface area contributed by atoms with Gasteiger partial charge in [0.25, 0.3) is 0 Å². The molecule has 0 saturated heterocycles. The molecule has 0 spiro atoms.